The van der Waals surface area contributed by atoms with Crippen LogP contribution in [0.2, 0.25) is 0 Å². The Labute approximate surface area is 199 Å². The molecule has 1 aromatic carbocycles. The van der Waals surface area contributed by atoms with Crippen molar-refractivity contribution in [3.05, 3.63) is 83.6 Å². The molecule has 2 aliphatic rings. The van der Waals surface area contributed by atoms with E-state index in [-0.39, 0.29) is 17.8 Å². The molecular formula is C24H24N7O2P. The topological polar surface area (TPSA) is 104 Å². The Bertz CT molecular complexity index is 1340. The van der Waals surface area contributed by atoms with Gasteiger partial charge in [0.25, 0.3) is 0 Å². The number of allylic oxidation sites excluding steroid dienone is 3. The predicted octanol–water partition coefficient (Wildman–Crippen LogP) is 3.28. The number of aromatic amines is 1. The molecule has 0 radical (unpaired) electrons. The molecule has 10 heteroatoms. The molecule has 0 aliphatic carbocycles. The minimum absolute atomic E-state index is 0.0316. The lowest BCUT2D eigenvalue weighted by molar-refractivity contribution is 0.0616. The molecule has 2 aliphatic heterocycles. The maximum atomic E-state index is 13.5. The second kappa shape index (κ2) is 9.19. The van der Waals surface area contributed by atoms with Crippen molar-refractivity contribution in [3.8, 4) is 11.5 Å². The summed E-state index contributed by atoms with van der Waals surface area (Å²) < 4.78 is 5.84. The van der Waals surface area contributed by atoms with Gasteiger partial charge in [0.15, 0.2) is 0 Å². The molecule has 2 aromatic heterocycles. The van der Waals surface area contributed by atoms with Crippen LogP contribution in [0, 0.1) is 6.92 Å². The average Bonchev–Trinajstić information content (AvgIpc) is 3.52. The van der Waals surface area contributed by atoms with E-state index in [1.54, 1.807) is 16.2 Å². The SMILES string of the molecule is C=NN1C=CC=C/C1=C/C[C@H]1c2nc[nH]c2CCN1C(=O)c1nnc(-c2ccc(P)cc2C)o1. The highest BCUT2D eigenvalue weighted by molar-refractivity contribution is 7.27. The number of aryl methyl sites for hydroxylation is 1. The summed E-state index contributed by atoms with van der Waals surface area (Å²) in [6, 6.07) is 5.59. The van der Waals surface area contributed by atoms with Crippen LogP contribution in [0.25, 0.3) is 11.5 Å². The summed E-state index contributed by atoms with van der Waals surface area (Å²) in [7, 11) is 2.66. The van der Waals surface area contributed by atoms with Gasteiger partial charge in [0.05, 0.1) is 23.8 Å². The first-order chi connectivity index (χ1) is 16.5. The molecule has 1 unspecified atom stereocenters. The first-order valence-corrected chi connectivity index (χ1v) is 11.5. The van der Waals surface area contributed by atoms with Crippen molar-refractivity contribution in [1.82, 2.24) is 30.1 Å². The van der Waals surface area contributed by atoms with Crippen molar-refractivity contribution in [2.45, 2.75) is 25.8 Å². The Morgan fingerprint density at radius 3 is 3.09 bits per heavy atom. The van der Waals surface area contributed by atoms with Gasteiger partial charge in [0.2, 0.25) is 5.89 Å². The van der Waals surface area contributed by atoms with Crippen LogP contribution in [0.3, 0.4) is 0 Å². The van der Waals surface area contributed by atoms with Crippen molar-refractivity contribution in [3.63, 3.8) is 0 Å². The molecule has 2 atom stereocenters. The lowest BCUT2D eigenvalue weighted by Crippen LogP contribution is -2.40. The number of rotatable bonds is 5. The number of fused-ring (bicyclic) bond motifs is 1. The summed E-state index contributed by atoms with van der Waals surface area (Å²) in [5, 5.41) is 15.0. The van der Waals surface area contributed by atoms with E-state index >= 15 is 0 Å². The number of amides is 1. The maximum Gasteiger partial charge on any atom is 0.312 e. The Hall–Kier alpha value is -3.84. The third kappa shape index (κ3) is 4.10. The summed E-state index contributed by atoms with van der Waals surface area (Å²) in [6.07, 6.45) is 12.5. The minimum Gasteiger partial charge on any atom is -0.412 e. The zero-order valence-electron chi connectivity index (χ0n) is 18.7. The van der Waals surface area contributed by atoms with Gasteiger partial charge in [0, 0.05) is 37.1 Å². The van der Waals surface area contributed by atoms with E-state index in [0.717, 1.165) is 33.5 Å². The summed E-state index contributed by atoms with van der Waals surface area (Å²) in [6.45, 7) is 6.10. The number of benzene rings is 1. The van der Waals surface area contributed by atoms with Gasteiger partial charge < -0.3 is 14.3 Å². The maximum absolute atomic E-state index is 13.5. The highest BCUT2D eigenvalue weighted by Crippen LogP contribution is 2.33. The van der Waals surface area contributed by atoms with Crippen LogP contribution in [0.15, 0.2) is 70.2 Å². The number of H-pyrrole nitrogens is 1. The molecule has 4 heterocycles. The molecule has 5 rings (SSSR count). The molecule has 0 bridgehead atoms. The number of carbonyl (C=O) groups is 1. The zero-order valence-corrected chi connectivity index (χ0v) is 19.8. The van der Waals surface area contributed by atoms with Gasteiger partial charge in [0.1, 0.15) is 0 Å². The third-order valence-corrected chi connectivity index (χ3v) is 6.33. The molecule has 172 valence electrons. The Balaban J connectivity index is 1.43. The van der Waals surface area contributed by atoms with Crippen LogP contribution in [-0.2, 0) is 6.42 Å². The second-order valence-electron chi connectivity index (χ2n) is 8.07. The van der Waals surface area contributed by atoms with Crippen LogP contribution in [0.5, 0.6) is 0 Å². The van der Waals surface area contributed by atoms with Crippen LogP contribution in [-0.4, -0.2) is 49.2 Å². The first kappa shape index (κ1) is 22.0. The van der Waals surface area contributed by atoms with Gasteiger partial charge in [-0.3, -0.25) is 4.79 Å². The van der Waals surface area contributed by atoms with Crippen molar-refractivity contribution < 1.29 is 9.21 Å². The van der Waals surface area contributed by atoms with Crippen molar-refractivity contribution >= 4 is 27.2 Å². The van der Waals surface area contributed by atoms with E-state index in [9.17, 15) is 4.79 Å². The number of nitrogens with one attached hydrogen (secondary N) is 1. The number of nitrogens with zero attached hydrogens (tertiary/aromatic N) is 6. The molecule has 1 N–H and O–H groups in total. The van der Waals surface area contributed by atoms with Gasteiger partial charge in [-0.25, -0.2) is 9.99 Å². The number of hydrazone groups is 1. The van der Waals surface area contributed by atoms with E-state index in [1.165, 1.54) is 0 Å². The standard InChI is InChI=1S/C24H24N7O2P/c1-15-13-17(34)7-8-18(15)22-28-29-23(33-22)24(32)30-12-10-19-21(27-14-26-19)20(30)9-6-16-5-3-4-11-31(16)25-2/h3-8,11,13-14,20H,2,9-10,12,34H2,1H3,(H,26,27)/b16-6-/t20-/m0/s1. The van der Waals surface area contributed by atoms with Crippen molar-refractivity contribution in [2.24, 2.45) is 5.10 Å². The fourth-order valence-corrected chi connectivity index (χ4v) is 4.62. The zero-order chi connectivity index (χ0) is 23.7. The van der Waals surface area contributed by atoms with Gasteiger partial charge in [-0.2, -0.15) is 5.10 Å². The second-order valence-corrected chi connectivity index (χ2v) is 8.74. The number of hydrogen-bond acceptors (Lipinski definition) is 7. The largest absolute Gasteiger partial charge is 0.412 e. The molecule has 9 nitrogen and oxygen atoms in total. The summed E-state index contributed by atoms with van der Waals surface area (Å²) in [4.78, 5) is 23.0. The Morgan fingerprint density at radius 2 is 2.26 bits per heavy atom. The van der Waals surface area contributed by atoms with Gasteiger partial charge in [-0.05, 0) is 42.4 Å². The lowest BCUT2D eigenvalue weighted by Gasteiger charge is -2.33. The van der Waals surface area contributed by atoms with E-state index in [1.807, 2.05) is 55.6 Å². The van der Waals surface area contributed by atoms with Crippen molar-refractivity contribution in [2.75, 3.05) is 6.54 Å². The average molecular weight is 473 g/mol. The number of aromatic nitrogens is 4. The van der Waals surface area contributed by atoms with Crippen LogP contribution >= 0.6 is 9.24 Å². The molecule has 0 fully saturated rings. The molecule has 34 heavy (non-hydrogen) atoms. The van der Waals surface area contributed by atoms with E-state index in [2.05, 4.69) is 41.2 Å². The molecule has 3 aromatic rings. The van der Waals surface area contributed by atoms with Crippen LogP contribution in [0.4, 0.5) is 0 Å². The van der Waals surface area contributed by atoms with Crippen LogP contribution in [0.1, 0.15) is 40.1 Å². The molecular weight excluding hydrogens is 449 g/mol. The van der Waals surface area contributed by atoms with E-state index in [0.29, 0.717) is 25.3 Å². The number of hydrogen-bond donors (Lipinski definition) is 1. The minimum atomic E-state index is -0.311. The normalized spacial score (nSPS) is 18.4. The first-order valence-electron chi connectivity index (χ1n) is 10.9. The van der Waals surface area contributed by atoms with Gasteiger partial charge >= 0.3 is 11.8 Å². The molecule has 0 saturated carbocycles. The highest BCUT2D eigenvalue weighted by Gasteiger charge is 2.35. The van der Waals surface area contributed by atoms with E-state index < -0.39 is 0 Å². The smallest absolute Gasteiger partial charge is 0.312 e. The molecule has 1 amide bonds. The van der Waals surface area contributed by atoms with E-state index in [4.69, 9.17) is 4.42 Å². The summed E-state index contributed by atoms with van der Waals surface area (Å²) >= 11 is 0. The number of carbonyl (C=O) groups excluding carboxylic acids is 1. The molecule has 0 saturated heterocycles. The fourth-order valence-electron chi connectivity index (χ4n) is 4.28. The Kier molecular flexibility index (Phi) is 5.94. The summed E-state index contributed by atoms with van der Waals surface area (Å²) in [5.41, 5.74) is 4.55. The lowest BCUT2D eigenvalue weighted by atomic mass is 9.99. The highest BCUT2D eigenvalue weighted by atomic mass is 31.0. The summed E-state index contributed by atoms with van der Waals surface area (Å²) in [5.74, 6) is -0.0152. The van der Waals surface area contributed by atoms with Gasteiger partial charge in [-0.15, -0.1) is 19.4 Å². The predicted molar refractivity (Wildman–Crippen MR) is 132 cm³/mol. The fraction of sp³-hybridized carbons (Fsp3) is 0.208. The third-order valence-electron chi connectivity index (χ3n) is 5.97. The van der Waals surface area contributed by atoms with Gasteiger partial charge in [-0.1, -0.05) is 24.3 Å². The molecule has 0 spiro atoms. The monoisotopic (exact) mass is 473 g/mol. The quantitative estimate of drug-likeness (QED) is 0.451. The van der Waals surface area contributed by atoms with Crippen molar-refractivity contribution in [1.29, 1.82) is 0 Å². The van der Waals surface area contributed by atoms with Crippen LogP contribution < -0.4 is 5.30 Å². The number of imidazole rings is 1. The Morgan fingerprint density at radius 1 is 1.38 bits per heavy atom.